The van der Waals surface area contributed by atoms with Crippen LogP contribution in [0.5, 0.6) is 0 Å². The van der Waals surface area contributed by atoms with Gasteiger partial charge in [-0.15, -0.1) is 11.3 Å². The number of carboxylic acid groups (broad SMARTS) is 1. The van der Waals surface area contributed by atoms with E-state index < -0.39 is 27.4 Å². The maximum atomic E-state index is 12.3. The fourth-order valence-electron chi connectivity index (χ4n) is 2.47. The van der Waals surface area contributed by atoms with Gasteiger partial charge in [-0.3, -0.25) is 4.79 Å². The lowest BCUT2D eigenvalue weighted by molar-refractivity contribution is -0.151. The molecule has 1 saturated carbocycles. The molecule has 1 aliphatic rings. The number of sulfonamides is 1. The third-order valence-electron chi connectivity index (χ3n) is 3.81. The molecular weight excluding hydrogens is 366 g/mol. The Morgan fingerprint density at radius 3 is 2.75 bits per heavy atom. The molecule has 0 radical (unpaired) electrons. The van der Waals surface area contributed by atoms with Gasteiger partial charge in [0.25, 0.3) is 0 Å². The van der Waals surface area contributed by atoms with Gasteiger partial charge in [0.05, 0.1) is 9.20 Å². The molecule has 1 fully saturated rings. The van der Waals surface area contributed by atoms with Gasteiger partial charge in [0.1, 0.15) is 4.21 Å². The Morgan fingerprint density at radius 2 is 2.20 bits per heavy atom. The van der Waals surface area contributed by atoms with E-state index in [0.29, 0.717) is 12.8 Å². The van der Waals surface area contributed by atoms with Gasteiger partial charge >= 0.3 is 5.97 Å². The Balaban J connectivity index is 2.25. The molecule has 0 saturated heterocycles. The lowest BCUT2D eigenvalue weighted by Gasteiger charge is -2.37. The van der Waals surface area contributed by atoms with Crippen molar-refractivity contribution in [2.75, 3.05) is 0 Å². The third-order valence-corrected chi connectivity index (χ3v) is 7.39. The predicted octanol–water partition coefficient (Wildman–Crippen LogP) is 2.82. The number of rotatable bonds is 4. The first-order valence-electron chi connectivity index (χ1n) is 6.27. The standard InChI is InChI=1S/C12H16BrNO4S2/c1-12(11(15)16)7-3-2-4-8(12)14-20(17,18)10-6-5-9(13)19-10/h5-6,8,14H,2-4,7H2,1H3,(H,15,16). The second kappa shape index (κ2) is 5.75. The SMILES string of the molecule is CC1(C(=O)O)CCCCC1NS(=O)(=O)c1ccc(Br)s1. The first-order chi connectivity index (χ1) is 9.25. The highest BCUT2D eigenvalue weighted by molar-refractivity contribution is 9.11. The van der Waals surface area contributed by atoms with E-state index in [4.69, 9.17) is 0 Å². The molecule has 1 aromatic heterocycles. The van der Waals surface area contributed by atoms with Gasteiger partial charge in [0.15, 0.2) is 0 Å². The molecule has 2 rings (SSSR count). The average Bonchev–Trinajstić information content (AvgIpc) is 2.79. The van der Waals surface area contributed by atoms with Crippen LogP contribution in [0.1, 0.15) is 32.6 Å². The molecule has 0 bridgehead atoms. The summed E-state index contributed by atoms with van der Waals surface area (Å²) in [6, 6.07) is 2.61. The van der Waals surface area contributed by atoms with Gasteiger partial charge in [-0.05, 0) is 47.8 Å². The fourth-order valence-corrected chi connectivity index (χ4v) is 5.88. The van der Waals surface area contributed by atoms with Gasteiger partial charge in [-0.25, -0.2) is 13.1 Å². The van der Waals surface area contributed by atoms with E-state index in [1.165, 1.54) is 6.07 Å². The van der Waals surface area contributed by atoms with Gasteiger partial charge in [-0.2, -0.15) is 0 Å². The quantitative estimate of drug-likeness (QED) is 0.839. The molecule has 8 heteroatoms. The molecular formula is C12H16BrNO4S2. The molecule has 2 atom stereocenters. The average molecular weight is 382 g/mol. The van der Waals surface area contributed by atoms with Crippen molar-refractivity contribution in [1.82, 2.24) is 4.72 Å². The molecule has 0 aliphatic heterocycles. The van der Waals surface area contributed by atoms with Crippen molar-refractivity contribution >= 4 is 43.3 Å². The number of carbonyl (C=O) groups is 1. The van der Waals surface area contributed by atoms with E-state index in [1.807, 2.05) is 0 Å². The summed E-state index contributed by atoms with van der Waals surface area (Å²) in [6.07, 6.45) is 2.69. The summed E-state index contributed by atoms with van der Waals surface area (Å²) in [4.78, 5) is 11.5. The normalized spacial score (nSPS) is 27.4. The minimum Gasteiger partial charge on any atom is -0.481 e. The lowest BCUT2D eigenvalue weighted by Crippen LogP contribution is -2.51. The number of hydrogen-bond acceptors (Lipinski definition) is 4. The van der Waals surface area contributed by atoms with E-state index in [0.717, 1.165) is 28.0 Å². The van der Waals surface area contributed by atoms with E-state index in [-0.39, 0.29) is 4.21 Å². The summed E-state index contributed by atoms with van der Waals surface area (Å²) in [7, 11) is -3.67. The smallest absolute Gasteiger partial charge is 0.310 e. The van der Waals surface area contributed by atoms with Crippen LogP contribution < -0.4 is 4.72 Å². The molecule has 1 heterocycles. The van der Waals surface area contributed by atoms with Crippen molar-refractivity contribution in [2.24, 2.45) is 5.41 Å². The Kier molecular flexibility index (Phi) is 4.58. The zero-order valence-electron chi connectivity index (χ0n) is 10.9. The number of hydrogen-bond donors (Lipinski definition) is 2. The van der Waals surface area contributed by atoms with E-state index in [1.54, 1.807) is 13.0 Å². The first kappa shape index (κ1) is 15.9. The van der Waals surface area contributed by atoms with Gasteiger partial charge in [-0.1, -0.05) is 12.8 Å². The zero-order chi connectivity index (χ0) is 15.0. The molecule has 1 aliphatic carbocycles. The predicted molar refractivity (Wildman–Crippen MR) is 80.3 cm³/mol. The largest absolute Gasteiger partial charge is 0.481 e. The maximum Gasteiger partial charge on any atom is 0.310 e. The van der Waals surface area contributed by atoms with Gasteiger partial charge < -0.3 is 5.11 Å². The zero-order valence-corrected chi connectivity index (χ0v) is 14.1. The number of aliphatic carboxylic acids is 1. The topological polar surface area (TPSA) is 83.5 Å². The minimum absolute atomic E-state index is 0.197. The molecule has 0 amide bonds. The summed E-state index contributed by atoms with van der Waals surface area (Å²) >= 11 is 4.34. The van der Waals surface area contributed by atoms with Crippen molar-refractivity contribution < 1.29 is 18.3 Å². The van der Waals surface area contributed by atoms with Crippen molar-refractivity contribution in [1.29, 1.82) is 0 Å². The number of nitrogens with one attached hydrogen (secondary N) is 1. The minimum atomic E-state index is -3.67. The summed E-state index contributed by atoms with van der Waals surface area (Å²) in [5, 5.41) is 9.40. The van der Waals surface area contributed by atoms with Crippen LogP contribution in [0.4, 0.5) is 0 Å². The third kappa shape index (κ3) is 3.08. The number of thiophene rings is 1. The Morgan fingerprint density at radius 1 is 1.50 bits per heavy atom. The summed E-state index contributed by atoms with van der Waals surface area (Å²) in [6.45, 7) is 1.62. The fraction of sp³-hybridized carbons (Fsp3) is 0.583. The van der Waals surface area contributed by atoms with Crippen LogP contribution in [-0.4, -0.2) is 25.5 Å². The highest BCUT2D eigenvalue weighted by atomic mass is 79.9. The highest BCUT2D eigenvalue weighted by Crippen LogP contribution is 2.37. The van der Waals surface area contributed by atoms with Crippen molar-refractivity contribution in [3.8, 4) is 0 Å². The number of carboxylic acids is 1. The van der Waals surface area contributed by atoms with Crippen LogP contribution in [0.3, 0.4) is 0 Å². The number of halogens is 1. The molecule has 0 spiro atoms. The molecule has 112 valence electrons. The molecule has 5 nitrogen and oxygen atoms in total. The van der Waals surface area contributed by atoms with Crippen molar-refractivity contribution in [3.05, 3.63) is 15.9 Å². The van der Waals surface area contributed by atoms with E-state index in [2.05, 4.69) is 20.7 Å². The Hall–Kier alpha value is -0.440. The molecule has 20 heavy (non-hydrogen) atoms. The molecule has 2 N–H and O–H groups in total. The molecule has 0 aromatic carbocycles. The Bertz CT molecular complexity index is 613. The van der Waals surface area contributed by atoms with Crippen molar-refractivity contribution in [2.45, 2.75) is 42.9 Å². The summed E-state index contributed by atoms with van der Waals surface area (Å²) in [5.41, 5.74) is -1.04. The van der Waals surface area contributed by atoms with Gasteiger partial charge in [0, 0.05) is 6.04 Å². The second-order valence-electron chi connectivity index (χ2n) is 5.20. The van der Waals surface area contributed by atoms with E-state index in [9.17, 15) is 18.3 Å². The molecule has 1 aromatic rings. The first-order valence-corrected chi connectivity index (χ1v) is 9.36. The summed E-state index contributed by atoms with van der Waals surface area (Å²) < 4.78 is 28.1. The summed E-state index contributed by atoms with van der Waals surface area (Å²) in [5.74, 6) is -0.947. The second-order valence-corrected chi connectivity index (χ2v) is 9.60. The van der Waals surface area contributed by atoms with Crippen LogP contribution in [-0.2, 0) is 14.8 Å². The lowest BCUT2D eigenvalue weighted by atomic mass is 9.72. The van der Waals surface area contributed by atoms with Crippen LogP contribution in [0.2, 0.25) is 0 Å². The van der Waals surface area contributed by atoms with Gasteiger partial charge in [0.2, 0.25) is 10.0 Å². The van der Waals surface area contributed by atoms with Crippen molar-refractivity contribution in [3.63, 3.8) is 0 Å². The Labute approximate surface area is 130 Å². The monoisotopic (exact) mass is 381 g/mol. The molecule has 2 unspecified atom stereocenters. The van der Waals surface area contributed by atoms with E-state index >= 15 is 0 Å². The van der Waals surface area contributed by atoms with Crippen LogP contribution in [0.25, 0.3) is 0 Å². The van der Waals surface area contributed by atoms with Crippen LogP contribution >= 0.6 is 27.3 Å². The highest BCUT2D eigenvalue weighted by Gasteiger charge is 2.45. The van der Waals surface area contributed by atoms with Crippen LogP contribution in [0, 0.1) is 5.41 Å². The van der Waals surface area contributed by atoms with Crippen LogP contribution in [0.15, 0.2) is 20.1 Å². The maximum absolute atomic E-state index is 12.3.